The minimum atomic E-state index is -0.374. The Morgan fingerprint density at radius 1 is 0.975 bits per heavy atom. The largest absolute Gasteiger partial charge is 0.441 e. The first kappa shape index (κ1) is 24.8. The van der Waals surface area contributed by atoms with Crippen LogP contribution in [0.2, 0.25) is 0 Å². The number of aromatic nitrogens is 2. The van der Waals surface area contributed by atoms with Gasteiger partial charge < -0.3 is 18.6 Å². The summed E-state index contributed by atoms with van der Waals surface area (Å²) in [6.07, 6.45) is 1.56. The predicted molar refractivity (Wildman–Crippen MR) is 150 cm³/mol. The summed E-state index contributed by atoms with van der Waals surface area (Å²) in [5, 5.41) is 0.920. The van der Waals surface area contributed by atoms with Crippen LogP contribution in [0.15, 0.2) is 77.2 Å². The first-order valence-electron chi connectivity index (χ1n) is 13.8. The van der Waals surface area contributed by atoms with Gasteiger partial charge in [-0.15, -0.1) is 0 Å². The van der Waals surface area contributed by atoms with E-state index in [1.807, 2.05) is 43.0 Å². The number of para-hydroxylation sites is 1. The summed E-state index contributed by atoms with van der Waals surface area (Å²) in [5.74, 6) is 0.550. The van der Waals surface area contributed by atoms with E-state index in [9.17, 15) is 9.18 Å². The molecule has 0 aliphatic carbocycles. The Morgan fingerprint density at radius 3 is 2.52 bits per heavy atom. The van der Waals surface area contributed by atoms with Crippen LogP contribution in [0.1, 0.15) is 51.5 Å². The molecule has 0 bridgehead atoms. The number of rotatable bonds is 4. The molecule has 2 aliphatic rings. The number of carbonyl (C=O) groups excluding carboxylic acids is 1. The van der Waals surface area contributed by atoms with Gasteiger partial charge in [-0.05, 0) is 56.0 Å². The van der Waals surface area contributed by atoms with E-state index < -0.39 is 0 Å². The number of fused-ring (bicyclic) bond motifs is 3. The lowest BCUT2D eigenvalue weighted by atomic mass is 9.83. The highest BCUT2D eigenvalue weighted by atomic mass is 19.1. The third kappa shape index (κ3) is 3.87. The molecule has 0 N–H and O–H groups in total. The van der Waals surface area contributed by atoms with E-state index in [0.29, 0.717) is 43.3 Å². The van der Waals surface area contributed by atoms with Crippen molar-refractivity contribution in [3.05, 3.63) is 112 Å². The molecule has 7 heteroatoms. The summed E-state index contributed by atoms with van der Waals surface area (Å²) >= 11 is 0. The van der Waals surface area contributed by atoms with E-state index in [1.165, 1.54) is 17.2 Å². The van der Waals surface area contributed by atoms with Crippen LogP contribution in [0.5, 0.6) is 0 Å². The Labute approximate surface area is 232 Å². The quantitative estimate of drug-likeness (QED) is 0.255. The predicted octanol–water partition coefficient (Wildman–Crippen LogP) is 6.76. The molecular formula is C33H30FN3O3. The fourth-order valence-corrected chi connectivity index (χ4v) is 6.41. The van der Waals surface area contributed by atoms with Gasteiger partial charge in [0.1, 0.15) is 17.3 Å². The van der Waals surface area contributed by atoms with Gasteiger partial charge in [0, 0.05) is 29.7 Å². The first-order valence-corrected chi connectivity index (χ1v) is 13.8. The Balaban J connectivity index is 1.19. The van der Waals surface area contributed by atoms with Crippen LogP contribution in [0.3, 0.4) is 0 Å². The normalized spacial score (nSPS) is 16.1. The van der Waals surface area contributed by atoms with Gasteiger partial charge >= 0.3 is 0 Å². The first-order chi connectivity index (χ1) is 19.4. The number of nitrogens with zero attached hydrogens (tertiary/aromatic N) is 3. The van der Waals surface area contributed by atoms with Crippen molar-refractivity contribution in [2.45, 2.75) is 45.4 Å². The van der Waals surface area contributed by atoms with Gasteiger partial charge in [0.05, 0.1) is 29.9 Å². The number of oxazole rings is 1. The zero-order valence-electron chi connectivity index (χ0n) is 22.6. The standard InChI is InChI=1S/C33H30FN3O3/c1-21-30(32(38)36-17-15-33(16-18-36)26-12-6-3-9-23(26)20-39-33)25-11-5-8-14-29(25)37(21)19-28-22(2)40-31(35-28)24-10-4-7-13-27(24)34/h3-14H,15-20H2,1-2H3. The number of ether oxygens (including phenoxy) is 1. The lowest BCUT2D eigenvalue weighted by molar-refractivity contribution is -0.0741. The molecule has 1 spiro atoms. The van der Waals surface area contributed by atoms with Crippen LogP contribution in [0.4, 0.5) is 4.39 Å². The molecule has 1 saturated heterocycles. The van der Waals surface area contributed by atoms with Gasteiger partial charge in [-0.1, -0.05) is 54.6 Å². The number of amides is 1. The smallest absolute Gasteiger partial charge is 0.256 e. The summed E-state index contributed by atoms with van der Waals surface area (Å²) in [6.45, 7) is 6.16. The number of hydrogen-bond acceptors (Lipinski definition) is 4. The van der Waals surface area contributed by atoms with Crippen molar-refractivity contribution in [1.82, 2.24) is 14.5 Å². The topological polar surface area (TPSA) is 60.5 Å². The zero-order chi connectivity index (χ0) is 27.4. The summed E-state index contributed by atoms with van der Waals surface area (Å²) in [7, 11) is 0. The molecule has 7 rings (SSSR count). The summed E-state index contributed by atoms with van der Waals surface area (Å²) in [4.78, 5) is 20.7. The maximum Gasteiger partial charge on any atom is 0.256 e. The molecule has 40 heavy (non-hydrogen) atoms. The molecule has 1 fully saturated rings. The van der Waals surface area contributed by atoms with Crippen molar-refractivity contribution in [3.63, 3.8) is 0 Å². The van der Waals surface area contributed by atoms with Crippen LogP contribution < -0.4 is 0 Å². The summed E-state index contributed by atoms with van der Waals surface area (Å²) < 4.78 is 28.7. The van der Waals surface area contributed by atoms with Crippen molar-refractivity contribution in [1.29, 1.82) is 0 Å². The average Bonchev–Trinajstić information content (AvgIpc) is 3.61. The highest BCUT2D eigenvalue weighted by Crippen LogP contribution is 2.44. The molecule has 0 radical (unpaired) electrons. The Morgan fingerprint density at radius 2 is 1.70 bits per heavy atom. The lowest BCUT2D eigenvalue weighted by Gasteiger charge is -2.39. The van der Waals surface area contributed by atoms with Gasteiger partial charge in [-0.3, -0.25) is 4.79 Å². The van der Waals surface area contributed by atoms with E-state index in [-0.39, 0.29) is 23.2 Å². The van der Waals surface area contributed by atoms with Gasteiger partial charge in [0.25, 0.3) is 5.91 Å². The van der Waals surface area contributed by atoms with Crippen LogP contribution in [-0.4, -0.2) is 33.4 Å². The fourth-order valence-electron chi connectivity index (χ4n) is 6.41. The minimum absolute atomic E-state index is 0.0394. The summed E-state index contributed by atoms with van der Waals surface area (Å²) in [5.41, 5.74) is 5.82. The molecule has 1 amide bonds. The van der Waals surface area contributed by atoms with Gasteiger partial charge in [0.2, 0.25) is 5.89 Å². The van der Waals surface area contributed by atoms with Gasteiger partial charge in [-0.2, -0.15) is 0 Å². The molecule has 202 valence electrons. The number of halogens is 1. The van der Waals surface area contributed by atoms with Crippen molar-refractivity contribution in [2.24, 2.45) is 0 Å². The Kier molecular flexibility index (Phi) is 5.86. The SMILES string of the molecule is Cc1oc(-c2ccccc2F)nc1Cn1c(C)c(C(=O)N2CCC3(CC2)OCc2ccccc23)c2ccccc21. The molecule has 3 aromatic carbocycles. The fraction of sp³-hybridized carbons (Fsp3) is 0.273. The van der Waals surface area contributed by atoms with Gasteiger partial charge in [0.15, 0.2) is 0 Å². The van der Waals surface area contributed by atoms with Crippen molar-refractivity contribution in [3.8, 4) is 11.5 Å². The molecule has 0 saturated carbocycles. The Bertz CT molecular complexity index is 1760. The highest BCUT2D eigenvalue weighted by Gasteiger charge is 2.43. The van der Waals surface area contributed by atoms with E-state index in [4.69, 9.17) is 9.15 Å². The van der Waals surface area contributed by atoms with Crippen molar-refractivity contribution in [2.75, 3.05) is 13.1 Å². The van der Waals surface area contributed by atoms with E-state index >= 15 is 0 Å². The van der Waals surface area contributed by atoms with Crippen molar-refractivity contribution < 1.29 is 18.3 Å². The minimum Gasteiger partial charge on any atom is -0.441 e. The molecule has 2 aliphatic heterocycles. The molecule has 5 aromatic rings. The molecule has 2 aromatic heterocycles. The Hall–Kier alpha value is -4.23. The highest BCUT2D eigenvalue weighted by molar-refractivity contribution is 6.08. The second kappa shape index (κ2) is 9.45. The molecule has 4 heterocycles. The van der Waals surface area contributed by atoms with E-state index in [0.717, 1.165) is 35.0 Å². The molecule has 0 atom stereocenters. The number of piperidine rings is 1. The second-order valence-corrected chi connectivity index (χ2v) is 10.8. The van der Waals surface area contributed by atoms with Crippen LogP contribution in [-0.2, 0) is 23.5 Å². The van der Waals surface area contributed by atoms with Crippen LogP contribution >= 0.6 is 0 Å². The number of benzene rings is 3. The van der Waals surface area contributed by atoms with E-state index in [2.05, 4.69) is 33.8 Å². The van der Waals surface area contributed by atoms with E-state index in [1.54, 1.807) is 18.2 Å². The summed E-state index contributed by atoms with van der Waals surface area (Å²) in [6, 6.07) is 22.9. The third-order valence-corrected chi connectivity index (χ3v) is 8.62. The van der Waals surface area contributed by atoms with Gasteiger partial charge in [-0.25, -0.2) is 9.37 Å². The monoisotopic (exact) mass is 535 g/mol. The third-order valence-electron chi connectivity index (χ3n) is 8.62. The number of aryl methyl sites for hydroxylation is 1. The molecule has 0 unspecified atom stereocenters. The average molecular weight is 536 g/mol. The molecule has 6 nitrogen and oxygen atoms in total. The number of hydrogen-bond donors (Lipinski definition) is 0. The van der Waals surface area contributed by atoms with Crippen LogP contribution in [0.25, 0.3) is 22.4 Å². The van der Waals surface area contributed by atoms with Crippen LogP contribution in [0, 0.1) is 19.7 Å². The maximum absolute atomic E-state index is 14.4. The lowest BCUT2D eigenvalue weighted by Crippen LogP contribution is -2.45. The van der Waals surface area contributed by atoms with Crippen molar-refractivity contribution >= 4 is 16.8 Å². The molecular weight excluding hydrogens is 505 g/mol. The second-order valence-electron chi connectivity index (χ2n) is 10.8. The number of carbonyl (C=O) groups is 1. The zero-order valence-corrected chi connectivity index (χ0v) is 22.6. The maximum atomic E-state index is 14.4. The number of likely N-dealkylation sites (tertiary alicyclic amines) is 1.